The Kier molecular flexibility index (Phi) is 4.22. The van der Waals surface area contributed by atoms with Crippen LogP contribution < -0.4 is 0 Å². The van der Waals surface area contributed by atoms with Gasteiger partial charge < -0.3 is 14.4 Å². The molecule has 1 N–H and O–H groups in total. The monoisotopic (exact) mass is 266 g/mol. The van der Waals surface area contributed by atoms with Gasteiger partial charge in [-0.3, -0.25) is 4.79 Å². The van der Waals surface area contributed by atoms with Crippen molar-refractivity contribution in [3.05, 3.63) is 24.3 Å². The van der Waals surface area contributed by atoms with E-state index in [0.717, 1.165) is 11.1 Å². The maximum atomic E-state index is 11.6. The number of hydrogen-bond acceptors (Lipinski definition) is 5. The van der Waals surface area contributed by atoms with Crippen molar-refractivity contribution in [1.82, 2.24) is 9.88 Å². The zero-order valence-electron chi connectivity index (χ0n) is 10.00. The molecule has 0 aliphatic rings. The predicted molar refractivity (Wildman–Crippen MR) is 69.5 cm³/mol. The van der Waals surface area contributed by atoms with Gasteiger partial charge in [-0.1, -0.05) is 23.9 Å². The van der Waals surface area contributed by atoms with Crippen molar-refractivity contribution in [2.24, 2.45) is 0 Å². The highest BCUT2D eigenvalue weighted by atomic mass is 32.2. The van der Waals surface area contributed by atoms with E-state index >= 15 is 0 Å². The smallest absolute Gasteiger partial charge is 0.257 e. The van der Waals surface area contributed by atoms with E-state index in [0.29, 0.717) is 11.8 Å². The van der Waals surface area contributed by atoms with Crippen LogP contribution in [0.5, 0.6) is 0 Å². The summed E-state index contributed by atoms with van der Waals surface area (Å²) < 4.78 is 5.49. The molecule has 18 heavy (non-hydrogen) atoms. The number of aliphatic hydroxyl groups is 1. The van der Waals surface area contributed by atoms with Crippen molar-refractivity contribution in [2.45, 2.75) is 5.22 Å². The molecule has 1 aromatic carbocycles. The lowest BCUT2D eigenvalue weighted by molar-refractivity contribution is -0.127. The predicted octanol–water partition coefficient (Wildman–Crippen LogP) is 1.37. The quantitative estimate of drug-likeness (QED) is 0.828. The molecule has 0 bridgehead atoms. The van der Waals surface area contributed by atoms with Gasteiger partial charge in [-0.05, 0) is 12.1 Å². The largest absolute Gasteiger partial charge is 0.431 e. The fourth-order valence-corrected chi connectivity index (χ4v) is 2.20. The second kappa shape index (κ2) is 5.88. The Morgan fingerprint density at radius 2 is 2.28 bits per heavy atom. The van der Waals surface area contributed by atoms with E-state index in [1.807, 2.05) is 24.3 Å². The number of aromatic nitrogens is 1. The first-order valence-electron chi connectivity index (χ1n) is 5.54. The van der Waals surface area contributed by atoms with E-state index in [2.05, 4.69) is 4.98 Å². The molecule has 1 aromatic heterocycles. The summed E-state index contributed by atoms with van der Waals surface area (Å²) in [7, 11) is 1.66. The molecule has 6 heteroatoms. The van der Waals surface area contributed by atoms with E-state index in [4.69, 9.17) is 9.52 Å². The topological polar surface area (TPSA) is 66.6 Å². The molecule has 0 fully saturated rings. The molecule has 96 valence electrons. The Labute approximate surface area is 109 Å². The van der Waals surface area contributed by atoms with Gasteiger partial charge in [0.05, 0.1) is 12.4 Å². The van der Waals surface area contributed by atoms with Gasteiger partial charge in [0.2, 0.25) is 5.91 Å². The molecule has 0 atom stereocenters. The van der Waals surface area contributed by atoms with Crippen LogP contribution in [0.3, 0.4) is 0 Å². The highest BCUT2D eigenvalue weighted by molar-refractivity contribution is 7.99. The molecule has 5 nitrogen and oxygen atoms in total. The fourth-order valence-electron chi connectivity index (χ4n) is 1.42. The first-order chi connectivity index (χ1) is 8.70. The molecular weight excluding hydrogens is 252 g/mol. The molecule has 1 amide bonds. The van der Waals surface area contributed by atoms with Crippen molar-refractivity contribution in [3.8, 4) is 0 Å². The van der Waals surface area contributed by atoms with Gasteiger partial charge >= 0.3 is 0 Å². The summed E-state index contributed by atoms with van der Waals surface area (Å²) in [4.78, 5) is 17.4. The van der Waals surface area contributed by atoms with E-state index in [-0.39, 0.29) is 18.3 Å². The van der Waals surface area contributed by atoms with E-state index in [1.54, 1.807) is 7.05 Å². The number of aliphatic hydroxyl groups excluding tert-OH is 1. The number of thioether (sulfide) groups is 1. The van der Waals surface area contributed by atoms with Crippen molar-refractivity contribution in [3.63, 3.8) is 0 Å². The average molecular weight is 266 g/mol. The number of fused-ring (bicyclic) bond motifs is 1. The lowest BCUT2D eigenvalue weighted by Crippen LogP contribution is -2.30. The van der Waals surface area contributed by atoms with Crippen molar-refractivity contribution < 1.29 is 14.3 Å². The highest BCUT2D eigenvalue weighted by Crippen LogP contribution is 2.23. The number of amides is 1. The third-order valence-corrected chi connectivity index (χ3v) is 3.27. The van der Waals surface area contributed by atoms with Crippen LogP contribution in [0.1, 0.15) is 0 Å². The molecule has 0 saturated heterocycles. The zero-order chi connectivity index (χ0) is 13.0. The number of nitrogens with zero attached hydrogens (tertiary/aromatic N) is 2. The summed E-state index contributed by atoms with van der Waals surface area (Å²) in [6.45, 7) is 0.308. The summed E-state index contributed by atoms with van der Waals surface area (Å²) in [5.74, 6) is 0.194. The van der Waals surface area contributed by atoms with Crippen LogP contribution in [0, 0.1) is 0 Å². The number of benzene rings is 1. The maximum absolute atomic E-state index is 11.6. The van der Waals surface area contributed by atoms with Crippen molar-refractivity contribution >= 4 is 28.8 Å². The lowest BCUT2D eigenvalue weighted by Gasteiger charge is -2.14. The Balaban J connectivity index is 1.95. The van der Waals surface area contributed by atoms with Crippen LogP contribution in [0.15, 0.2) is 33.9 Å². The minimum Gasteiger partial charge on any atom is -0.431 e. The third-order valence-electron chi connectivity index (χ3n) is 2.45. The normalized spacial score (nSPS) is 10.8. The number of oxazole rings is 1. The maximum Gasteiger partial charge on any atom is 0.257 e. The van der Waals surface area contributed by atoms with Gasteiger partial charge in [-0.15, -0.1) is 0 Å². The average Bonchev–Trinajstić information content (AvgIpc) is 2.78. The van der Waals surface area contributed by atoms with Crippen LogP contribution >= 0.6 is 11.8 Å². The molecule has 0 saturated carbocycles. The standard InChI is InChI=1S/C12H14N2O3S/c1-14(6-7-15)11(16)8-18-12-13-9-4-2-3-5-10(9)17-12/h2-5,15H,6-8H2,1H3. The van der Waals surface area contributed by atoms with Gasteiger partial charge in [0, 0.05) is 13.6 Å². The third kappa shape index (κ3) is 3.02. The number of carbonyl (C=O) groups is 1. The van der Waals surface area contributed by atoms with Gasteiger partial charge in [0.1, 0.15) is 5.52 Å². The molecule has 2 aromatic rings. The van der Waals surface area contributed by atoms with Crippen LogP contribution in [0.2, 0.25) is 0 Å². The van der Waals surface area contributed by atoms with Gasteiger partial charge in [-0.2, -0.15) is 0 Å². The number of carbonyl (C=O) groups excluding carboxylic acids is 1. The summed E-state index contributed by atoms with van der Waals surface area (Å²) in [6.07, 6.45) is 0. The molecule has 0 spiro atoms. The number of para-hydroxylation sites is 2. The molecule has 0 radical (unpaired) electrons. The van der Waals surface area contributed by atoms with E-state index in [9.17, 15) is 4.79 Å². The molecular formula is C12H14N2O3S. The van der Waals surface area contributed by atoms with Crippen LogP contribution in [-0.2, 0) is 4.79 Å². The number of likely N-dealkylation sites (N-methyl/N-ethyl adjacent to an activating group) is 1. The minimum absolute atomic E-state index is 0.0320. The minimum atomic E-state index is -0.0590. The Morgan fingerprint density at radius 1 is 1.50 bits per heavy atom. The molecule has 0 aliphatic heterocycles. The summed E-state index contributed by atoms with van der Waals surface area (Å²) in [6, 6.07) is 7.47. The Bertz CT molecular complexity index is 508. The zero-order valence-corrected chi connectivity index (χ0v) is 10.8. The van der Waals surface area contributed by atoms with Crippen LogP contribution in [-0.4, -0.2) is 46.8 Å². The van der Waals surface area contributed by atoms with Crippen molar-refractivity contribution in [2.75, 3.05) is 26.0 Å². The van der Waals surface area contributed by atoms with E-state index in [1.165, 1.54) is 16.7 Å². The van der Waals surface area contributed by atoms with Gasteiger partial charge in [0.15, 0.2) is 5.58 Å². The summed E-state index contributed by atoms with van der Waals surface area (Å²) >= 11 is 1.26. The molecule has 2 rings (SSSR count). The van der Waals surface area contributed by atoms with Gasteiger partial charge in [-0.25, -0.2) is 4.98 Å². The first kappa shape index (κ1) is 12.9. The Morgan fingerprint density at radius 3 is 3.00 bits per heavy atom. The SMILES string of the molecule is CN(CCO)C(=O)CSc1nc2ccccc2o1. The van der Waals surface area contributed by atoms with Crippen LogP contribution in [0.25, 0.3) is 11.1 Å². The second-order valence-corrected chi connectivity index (χ2v) is 4.70. The molecule has 0 unspecified atom stereocenters. The Hall–Kier alpha value is -1.53. The number of hydrogen-bond donors (Lipinski definition) is 1. The number of rotatable bonds is 5. The lowest BCUT2D eigenvalue weighted by atomic mass is 10.3. The summed E-state index contributed by atoms with van der Waals surface area (Å²) in [5.41, 5.74) is 1.51. The highest BCUT2D eigenvalue weighted by Gasteiger charge is 2.11. The van der Waals surface area contributed by atoms with E-state index < -0.39 is 0 Å². The molecule has 0 aliphatic carbocycles. The van der Waals surface area contributed by atoms with Crippen molar-refractivity contribution in [1.29, 1.82) is 0 Å². The first-order valence-corrected chi connectivity index (χ1v) is 6.52. The van der Waals surface area contributed by atoms with Crippen LogP contribution in [0.4, 0.5) is 0 Å². The summed E-state index contributed by atoms with van der Waals surface area (Å²) in [5, 5.41) is 9.22. The van der Waals surface area contributed by atoms with Gasteiger partial charge in [0.25, 0.3) is 5.22 Å². The fraction of sp³-hybridized carbons (Fsp3) is 0.333. The molecule has 1 heterocycles. The second-order valence-electron chi connectivity index (χ2n) is 3.78.